The smallest absolute Gasteiger partial charge is 0.225 e. The molecule has 0 saturated heterocycles. The minimum Gasteiger partial charge on any atom is -0.495 e. The fourth-order valence-electron chi connectivity index (χ4n) is 4.35. The van der Waals surface area contributed by atoms with Crippen molar-refractivity contribution in [2.45, 2.75) is 22.6 Å². The maximum Gasteiger partial charge on any atom is 0.225 e. The van der Waals surface area contributed by atoms with Crippen LogP contribution in [0.1, 0.15) is 12.8 Å². The van der Waals surface area contributed by atoms with Crippen molar-refractivity contribution in [2.75, 3.05) is 36.4 Å². The first kappa shape index (κ1) is 34.8. The molecule has 0 unspecified atom stereocenters. The zero-order valence-corrected chi connectivity index (χ0v) is 27.9. The van der Waals surface area contributed by atoms with Gasteiger partial charge in [-0.25, -0.2) is 16.8 Å². The van der Waals surface area contributed by atoms with E-state index in [4.69, 9.17) is 32.7 Å². The number of benzene rings is 4. The van der Waals surface area contributed by atoms with Gasteiger partial charge in [-0.1, -0.05) is 35.3 Å². The molecule has 4 rings (SSSR count). The van der Waals surface area contributed by atoms with Gasteiger partial charge in [0.15, 0.2) is 19.7 Å². The summed E-state index contributed by atoms with van der Waals surface area (Å²) in [6.07, 6.45) is -0.541. The van der Waals surface area contributed by atoms with Crippen LogP contribution in [0, 0.1) is 0 Å². The van der Waals surface area contributed by atoms with E-state index in [-0.39, 0.29) is 34.1 Å². The first-order valence-electron chi connectivity index (χ1n) is 13.7. The number of hydrogen-bond donors (Lipinski definition) is 2. The predicted molar refractivity (Wildman–Crippen MR) is 178 cm³/mol. The van der Waals surface area contributed by atoms with Crippen molar-refractivity contribution in [2.24, 2.45) is 0 Å². The van der Waals surface area contributed by atoms with E-state index in [0.717, 1.165) is 0 Å². The predicted octanol–water partition coefficient (Wildman–Crippen LogP) is 6.28. The van der Waals surface area contributed by atoms with Gasteiger partial charge in [-0.2, -0.15) is 0 Å². The number of anilines is 2. The molecule has 0 aromatic heterocycles. The fourth-order valence-corrected chi connectivity index (χ4v) is 7.08. The summed E-state index contributed by atoms with van der Waals surface area (Å²) in [4.78, 5) is 25.4. The molecule has 4 aromatic carbocycles. The SMILES string of the molecule is COc1cc(-c2ccc(NC(=O)CCS(=O)(=O)c3ccc(Cl)cc3)c(OC)c2)ccc1NC(=O)CCS(=O)(=O)c1ccc(Cl)cc1. The Morgan fingerprint density at radius 1 is 0.587 bits per heavy atom. The minimum atomic E-state index is -3.68. The van der Waals surface area contributed by atoms with E-state index >= 15 is 0 Å². The summed E-state index contributed by atoms with van der Waals surface area (Å²) in [5.41, 5.74) is 2.10. The second-order valence-electron chi connectivity index (χ2n) is 9.97. The van der Waals surface area contributed by atoms with Crippen LogP contribution >= 0.6 is 23.2 Å². The van der Waals surface area contributed by atoms with Crippen LogP contribution in [-0.4, -0.2) is 54.4 Å². The van der Waals surface area contributed by atoms with Crippen molar-refractivity contribution in [3.8, 4) is 22.6 Å². The average molecular weight is 706 g/mol. The topological polar surface area (TPSA) is 145 Å². The summed E-state index contributed by atoms with van der Waals surface area (Å²) >= 11 is 11.7. The standard InChI is InChI=1S/C32H30Cl2N2O8S2/c1-43-29-19-21(3-13-27(29)35-31(37)15-17-45(39,40)25-9-5-23(33)6-10-25)22-4-14-28(30(20-22)44-2)36-32(38)16-18-46(41,42)26-11-7-24(34)8-12-26/h3-14,19-20H,15-18H2,1-2H3,(H,35,37)(H,36,38). The lowest BCUT2D eigenvalue weighted by Gasteiger charge is -2.15. The molecule has 4 aromatic rings. The zero-order chi connectivity index (χ0) is 33.5. The van der Waals surface area contributed by atoms with Crippen molar-refractivity contribution in [1.29, 1.82) is 0 Å². The highest BCUT2D eigenvalue weighted by Crippen LogP contribution is 2.35. The van der Waals surface area contributed by atoms with E-state index in [9.17, 15) is 26.4 Å². The van der Waals surface area contributed by atoms with E-state index in [1.807, 2.05) is 0 Å². The Balaban J connectivity index is 1.40. The van der Waals surface area contributed by atoms with Crippen molar-refractivity contribution < 1.29 is 35.9 Å². The Hall–Kier alpha value is -4.10. The third-order valence-electron chi connectivity index (χ3n) is 6.83. The molecule has 10 nitrogen and oxygen atoms in total. The highest BCUT2D eigenvalue weighted by Gasteiger charge is 2.19. The Morgan fingerprint density at radius 2 is 0.935 bits per heavy atom. The minimum absolute atomic E-state index is 0.0785. The number of amides is 2. The van der Waals surface area contributed by atoms with Crippen LogP contribution in [0.3, 0.4) is 0 Å². The normalized spacial score (nSPS) is 11.5. The van der Waals surface area contributed by atoms with Gasteiger partial charge in [0.05, 0.1) is 46.9 Å². The summed E-state index contributed by atoms with van der Waals surface area (Å²) < 4.78 is 61.3. The third kappa shape index (κ3) is 9.00. The summed E-state index contributed by atoms with van der Waals surface area (Å²) in [6.45, 7) is 0. The third-order valence-corrected chi connectivity index (χ3v) is 10.8. The number of methoxy groups -OCH3 is 2. The molecule has 0 bridgehead atoms. The van der Waals surface area contributed by atoms with Crippen LogP contribution in [0.15, 0.2) is 94.7 Å². The fraction of sp³-hybridized carbons (Fsp3) is 0.188. The van der Waals surface area contributed by atoms with Gasteiger partial charge in [0.25, 0.3) is 0 Å². The highest BCUT2D eigenvalue weighted by molar-refractivity contribution is 7.91. The molecule has 0 atom stereocenters. The van der Waals surface area contributed by atoms with Gasteiger partial charge in [0.2, 0.25) is 11.8 Å². The molecule has 0 aliphatic carbocycles. The first-order valence-corrected chi connectivity index (χ1v) is 17.8. The highest BCUT2D eigenvalue weighted by atomic mass is 35.5. The van der Waals surface area contributed by atoms with Crippen molar-refractivity contribution in [3.63, 3.8) is 0 Å². The Labute approximate surface area is 277 Å². The van der Waals surface area contributed by atoms with E-state index in [1.165, 1.54) is 62.8 Å². The molecule has 0 aliphatic heterocycles. The van der Waals surface area contributed by atoms with Gasteiger partial charge >= 0.3 is 0 Å². The van der Waals surface area contributed by atoms with Gasteiger partial charge in [-0.05, 0) is 83.9 Å². The van der Waals surface area contributed by atoms with Crippen molar-refractivity contribution in [1.82, 2.24) is 0 Å². The number of nitrogens with one attached hydrogen (secondary N) is 2. The van der Waals surface area contributed by atoms with Gasteiger partial charge in [-0.15, -0.1) is 0 Å². The second-order valence-corrected chi connectivity index (χ2v) is 15.1. The number of carbonyl (C=O) groups excluding carboxylic acids is 2. The maximum atomic E-state index is 12.6. The van der Waals surface area contributed by atoms with Crippen LogP contribution < -0.4 is 20.1 Å². The number of sulfone groups is 2. The summed E-state index contributed by atoms with van der Waals surface area (Å²) in [5.74, 6) is -1.12. The zero-order valence-electron chi connectivity index (χ0n) is 24.7. The molecule has 242 valence electrons. The molecule has 2 amide bonds. The Morgan fingerprint density at radius 3 is 1.26 bits per heavy atom. The van der Waals surface area contributed by atoms with Crippen molar-refractivity contribution in [3.05, 3.63) is 95.0 Å². The molecule has 0 saturated carbocycles. The van der Waals surface area contributed by atoms with Crippen LogP contribution in [0.4, 0.5) is 11.4 Å². The second kappa shape index (κ2) is 15.0. The molecule has 0 fully saturated rings. The molecule has 0 aliphatic rings. The molecule has 0 spiro atoms. The molecular weight excluding hydrogens is 675 g/mol. The van der Waals surface area contributed by atoms with Gasteiger partial charge in [0.1, 0.15) is 11.5 Å². The molecule has 46 heavy (non-hydrogen) atoms. The van der Waals surface area contributed by atoms with E-state index in [1.54, 1.807) is 36.4 Å². The monoisotopic (exact) mass is 704 g/mol. The van der Waals surface area contributed by atoms with E-state index in [2.05, 4.69) is 10.6 Å². The van der Waals surface area contributed by atoms with Gasteiger partial charge in [0, 0.05) is 22.9 Å². The average Bonchev–Trinajstić information content (AvgIpc) is 3.04. The molecule has 0 radical (unpaired) electrons. The Kier molecular flexibility index (Phi) is 11.3. The number of ether oxygens (including phenoxy) is 2. The molecule has 14 heteroatoms. The van der Waals surface area contributed by atoms with E-state index in [0.29, 0.717) is 44.0 Å². The number of hydrogen-bond acceptors (Lipinski definition) is 8. The van der Waals surface area contributed by atoms with Crippen LogP contribution in [0.2, 0.25) is 10.0 Å². The van der Waals surface area contributed by atoms with Crippen molar-refractivity contribution >= 4 is 66.1 Å². The van der Waals surface area contributed by atoms with Crippen LogP contribution in [-0.2, 0) is 29.3 Å². The van der Waals surface area contributed by atoms with Crippen LogP contribution in [0.5, 0.6) is 11.5 Å². The van der Waals surface area contributed by atoms with E-state index < -0.39 is 31.5 Å². The van der Waals surface area contributed by atoms with Gasteiger partial charge in [-0.3, -0.25) is 9.59 Å². The maximum absolute atomic E-state index is 12.6. The number of rotatable bonds is 13. The lowest BCUT2D eigenvalue weighted by Crippen LogP contribution is -2.18. The van der Waals surface area contributed by atoms with Gasteiger partial charge < -0.3 is 20.1 Å². The summed E-state index contributed by atoms with van der Waals surface area (Å²) in [6, 6.07) is 21.6. The van der Waals surface area contributed by atoms with Crippen LogP contribution in [0.25, 0.3) is 11.1 Å². The quantitative estimate of drug-likeness (QED) is 0.165. The first-order chi connectivity index (χ1) is 21.8. The largest absolute Gasteiger partial charge is 0.495 e. The summed E-state index contributed by atoms with van der Waals surface area (Å²) in [5, 5.41) is 6.20. The molecule has 2 N–H and O–H groups in total. The lowest BCUT2D eigenvalue weighted by molar-refractivity contribution is -0.116. The summed E-state index contributed by atoms with van der Waals surface area (Å²) in [7, 11) is -4.49. The number of carbonyl (C=O) groups is 2. The molecular formula is C32H30Cl2N2O8S2. The lowest BCUT2D eigenvalue weighted by atomic mass is 10.0. The Bertz CT molecular complexity index is 1810. The molecule has 0 heterocycles. The number of halogens is 2.